The Balaban J connectivity index is 2.32. The summed E-state index contributed by atoms with van der Waals surface area (Å²) in [6.45, 7) is 3.75. The fourth-order valence-corrected chi connectivity index (χ4v) is 2.31. The van der Waals surface area contributed by atoms with E-state index in [0.29, 0.717) is 0 Å². The SMILES string of the molecule is C/C(=C\C(C)O)c1ccc(-c2ccccc2Cl)cc1. The van der Waals surface area contributed by atoms with Crippen LogP contribution in [0.15, 0.2) is 54.6 Å². The molecule has 98 valence electrons. The second-order valence-electron chi connectivity index (χ2n) is 4.65. The van der Waals surface area contributed by atoms with Crippen LogP contribution in [0.3, 0.4) is 0 Å². The van der Waals surface area contributed by atoms with Crippen molar-refractivity contribution in [3.63, 3.8) is 0 Å². The van der Waals surface area contributed by atoms with Gasteiger partial charge in [-0.2, -0.15) is 0 Å². The van der Waals surface area contributed by atoms with E-state index in [1.807, 2.05) is 49.4 Å². The van der Waals surface area contributed by atoms with Gasteiger partial charge in [-0.3, -0.25) is 0 Å². The minimum Gasteiger partial charge on any atom is -0.389 e. The molecule has 0 aliphatic heterocycles. The Kier molecular flexibility index (Phi) is 4.41. The second kappa shape index (κ2) is 6.05. The Hall–Kier alpha value is -1.57. The van der Waals surface area contributed by atoms with Crippen LogP contribution in [0.2, 0.25) is 5.02 Å². The van der Waals surface area contributed by atoms with Gasteiger partial charge < -0.3 is 5.11 Å². The van der Waals surface area contributed by atoms with Crippen LogP contribution in [0.25, 0.3) is 16.7 Å². The topological polar surface area (TPSA) is 20.2 Å². The summed E-state index contributed by atoms with van der Waals surface area (Å²) in [4.78, 5) is 0. The molecule has 1 unspecified atom stereocenters. The zero-order chi connectivity index (χ0) is 13.8. The van der Waals surface area contributed by atoms with Gasteiger partial charge >= 0.3 is 0 Å². The maximum Gasteiger partial charge on any atom is 0.0698 e. The van der Waals surface area contributed by atoms with Crippen molar-refractivity contribution in [2.45, 2.75) is 20.0 Å². The van der Waals surface area contributed by atoms with E-state index in [1.165, 1.54) is 0 Å². The highest BCUT2D eigenvalue weighted by atomic mass is 35.5. The zero-order valence-electron chi connectivity index (χ0n) is 11.1. The number of benzene rings is 2. The van der Waals surface area contributed by atoms with Crippen molar-refractivity contribution in [3.05, 3.63) is 65.2 Å². The molecule has 2 aromatic carbocycles. The molecule has 0 aromatic heterocycles. The van der Waals surface area contributed by atoms with Crippen LogP contribution in [0.1, 0.15) is 19.4 Å². The van der Waals surface area contributed by atoms with E-state index >= 15 is 0 Å². The summed E-state index contributed by atoms with van der Waals surface area (Å²) in [6.07, 6.45) is 1.41. The summed E-state index contributed by atoms with van der Waals surface area (Å²) >= 11 is 6.19. The first-order chi connectivity index (χ1) is 9.08. The zero-order valence-corrected chi connectivity index (χ0v) is 11.9. The minimum atomic E-state index is -0.428. The smallest absolute Gasteiger partial charge is 0.0698 e. The molecule has 0 spiro atoms. The molecule has 1 atom stereocenters. The fraction of sp³-hybridized carbons (Fsp3) is 0.176. The van der Waals surface area contributed by atoms with Gasteiger partial charge in [-0.15, -0.1) is 0 Å². The lowest BCUT2D eigenvalue weighted by Gasteiger charge is -2.07. The molecule has 2 aromatic rings. The van der Waals surface area contributed by atoms with Crippen LogP contribution >= 0.6 is 11.6 Å². The van der Waals surface area contributed by atoms with Crippen LogP contribution in [0, 0.1) is 0 Å². The second-order valence-corrected chi connectivity index (χ2v) is 5.05. The number of halogens is 1. The van der Waals surface area contributed by atoms with Crippen molar-refractivity contribution in [2.75, 3.05) is 0 Å². The van der Waals surface area contributed by atoms with Crippen molar-refractivity contribution in [3.8, 4) is 11.1 Å². The predicted molar refractivity (Wildman–Crippen MR) is 82.2 cm³/mol. The third kappa shape index (κ3) is 3.46. The molecule has 0 radical (unpaired) electrons. The monoisotopic (exact) mass is 272 g/mol. The molecule has 2 rings (SSSR count). The van der Waals surface area contributed by atoms with Gasteiger partial charge in [-0.25, -0.2) is 0 Å². The average molecular weight is 273 g/mol. The van der Waals surface area contributed by atoms with Gasteiger partial charge in [-0.1, -0.05) is 60.1 Å². The van der Waals surface area contributed by atoms with Crippen molar-refractivity contribution >= 4 is 17.2 Å². The van der Waals surface area contributed by atoms with Crippen LogP contribution in [-0.4, -0.2) is 11.2 Å². The normalized spacial score (nSPS) is 13.4. The summed E-state index contributed by atoms with van der Waals surface area (Å²) in [6, 6.07) is 16.0. The standard InChI is InChI=1S/C17H17ClO/c1-12(11-13(2)19)14-7-9-15(10-8-14)16-5-3-4-6-17(16)18/h3-11,13,19H,1-2H3/b12-11+. The van der Waals surface area contributed by atoms with Gasteiger partial charge in [-0.05, 0) is 36.6 Å². The van der Waals surface area contributed by atoms with Gasteiger partial charge in [0.1, 0.15) is 0 Å². The summed E-state index contributed by atoms with van der Waals surface area (Å²) in [5.41, 5.74) is 4.31. The Morgan fingerprint density at radius 3 is 2.32 bits per heavy atom. The first-order valence-electron chi connectivity index (χ1n) is 6.30. The molecule has 0 aliphatic rings. The lowest BCUT2D eigenvalue weighted by molar-refractivity contribution is 0.244. The maximum atomic E-state index is 9.36. The van der Waals surface area contributed by atoms with Gasteiger partial charge in [0.2, 0.25) is 0 Å². The van der Waals surface area contributed by atoms with E-state index in [-0.39, 0.29) is 0 Å². The summed E-state index contributed by atoms with van der Waals surface area (Å²) in [5, 5.41) is 10.1. The Morgan fingerprint density at radius 2 is 1.74 bits per heavy atom. The molecule has 0 saturated heterocycles. The van der Waals surface area contributed by atoms with Crippen LogP contribution in [0.5, 0.6) is 0 Å². The van der Waals surface area contributed by atoms with Crippen LogP contribution in [0.4, 0.5) is 0 Å². The number of hydrogen-bond acceptors (Lipinski definition) is 1. The largest absolute Gasteiger partial charge is 0.389 e. The molecule has 0 bridgehead atoms. The van der Waals surface area contributed by atoms with Crippen molar-refractivity contribution in [1.29, 1.82) is 0 Å². The molecular formula is C17H17ClO. The van der Waals surface area contributed by atoms with Gasteiger partial charge in [0.25, 0.3) is 0 Å². The summed E-state index contributed by atoms with van der Waals surface area (Å²) in [7, 11) is 0. The molecular weight excluding hydrogens is 256 g/mol. The molecule has 0 aliphatic carbocycles. The van der Waals surface area contributed by atoms with Crippen molar-refractivity contribution in [2.24, 2.45) is 0 Å². The van der Waals surface area contributed by atoms with Crippen molar-refractivity contribution < 1.29 is 5.11 Å². The Bertz CT molecular complexity index is 582. The lowest BCUT2D eigenvalue weighted by atomic mass is 10.0. The number of hydrogen-bond donors (Lipinski definition) is 1. The lowest BCUT2D eigenvalue weighted by Crippen LogP contribution is -1.94. The quantitative estimate of drug-likeness (QED) is 0.852. The number of aliphatic hydroxyl groups excluding tert-OH is 1. The highest BCUT2D eigenvalue weighted by Gasteiger charge is 2.03. The third-order valence-corrected chi connectivity index (χ3v) is 3.35. The predicted octanol–water partition coefficient (Wildman–Crippen LogP) is 4.79. The fourth-order valence-electron chi connectivity index (χ4n) is 2.07. The molecule has 0 amide bonds. The van der Waals surface area contributed by atoms with Gasteiger partial charge in [0, 0.05) is 10.6 Å². The molecule has 19 heavy (non-hydrogen) atoms. The van der Waals surface area contributed by atoms with Gasteiger partial charge in [0.05, 0.1) is 6.10 Å². The highest BCUT2D eigenvalue weighted by molar-refractivity contribution is 6.33. The summed E-state index contributed by atoms with van der Waals surface area (Å²) < 4.78 is 0. The molecule has 1 nitrogen and oxygen atoms in total. The van der Waals surface area contributed by atoms with Crippen LogP contribution in [-0.2, 0) is 0 Å². The van der Waals surface area contributed by atoms with Gasteiger partial charge in [0.15, 0.2) is 0 Å². The minimum absolute atomic E-state index is 0.428. The molecule has 1 N–H and O–H groups in total. The first kappa shape index (κ1) is 13.9. The molecule has 2 heteroatoms. The van der Waals surface area contributed by atoms with E-state index in [9.17, 15) is 5.11 Å². The maximum absolute atomic E-state index is 9.36. The van der Waals surface area contributed by atoms with E-state index in [1.54, 1.807) is 6.92 Å². The Morgan fingerprint density at radius 1 is 1.11 bits per heavy atom. The average Bonchev–Trinajstić information content (AvgIpc) is 2.39. The van der Waals surface area contributed by atoms with E-state index < -0.39 is 6.10 Å². The van der Waals surface area contributed by atoms with E-state index in [4.69, 9.17) is 11.6 Å². The number of rotatable bonds is 3. The van der Waals surface area contributed by atoms with Crippen LogP contribution < -0.4 is 0 Å². The number of aliphatic hydroxyl groups is 1. The van der Waals surface area contributed by atoms with Crippen molar-refractivity contribution in [1.82, 2.24) is 0 Å². The molecule has 0 saturated carbocycles. The molecule has 0 fully saturated rings. The molecule has 0 heterocycles. The number of allylic oxidation sites excluding steroid dienone is 1. The highest BCUT2D eigenvalue weighted by Crippen LogP contribution is 2.28. The van der Waals surface area contributed by atoms with E-state index in [2.05, 4.69) is 12.1 Å². The summed E-state index contributed by atoms with van der Waals surface area (Å²) in [5.74, 6) is 0. The third-order valence-electron chi connectivity index (χ3n) is 3.02. The van der Waals surface area contributed by atoms with E-state index in [0.717, 1.165) is 27.3 Å². The Labute approximate surface area is 119 Å². The first-order valence-corrected chi connectivity index (χ1v) is 6.67.